The lowest BCUT2D eigenvalue weighted by Gasteiger charge is -2.32. The summed E-state index contributed by atoms with van der Waals surface area (Å²) in [5, 5.41) is 7.18. The summed E-state index contributed by atoms with van der Waals surface area (Å²) in [6, 6.07) is 0.243. The highest BCUT2D eigenvalue weighted by Gasteiger charge is 2.55. The summed E-state index contributed by atoms with van der Waals surface area (Å²) >= 11 is 7.30. The van der Waals surface area contributed by atoms with Crippen LogP contribution in [-0.4, -0.2) is 44.5 Å². The van der Waals surface area contributed by atoms with E-state index in [4.69, 9.17) is 16.0 Å². The van der Waals surface area contributed by atoms with Gasteiger partial charge in [-0.25, -0.2) is 4.98 Å². The molecule has 1 spiro atoms. The number of nitrogens with zero attached hydrogens (tertiary/aromatic N) is 4. The standard InChI is InChI=1S/C15H18ClN5O2S/c1-9-12(17-8-23-9)14(22)18-11-6-15(11)2-4-21(5-3-15)7-10-13(16)24-20-19-10/h8,11H,2-7H2,1H3,(H,18,22). The first-order chi connectivity index (χ1) is 11.6. The number of aryl methyl sites for hydroxylation is 1. The number of hydrogen-bond acceptors (Lipinski definition) is 7. The number of likely N-dealkylation sites (tertiary alicyclic amines) is 1. The van der Waals surface area contributed by atoms with Crippen molar-refractivity contribution in [3.63, 3.8) is 0 Å². The van der Waals surface area contributed by atoms with Gasteiger partial charge < -0.3 is 9.73 Å². The van der Waals surface area contributed by atoms with Crippen LogP contribution < -0.4 is 5.32 Å². The first-order valence-electron chi connectivity index (χ1n) is 7.97. The monoisotopic (exact) mass is 367 g/mol. The zero-order chi connectivity index (χ0) is 16.7. The van der Waals surface area contributed by atoms with Crippen LogP contribution in [-0.2, 0) is 6.54 Å². The molecule has 1 atom stereocenters. The Morgan fingerprint density at radius 2 is 2.33 bits per heavy atom. The lowest BCUT2D eigenvalue weighted by molar-refractivity contribution is 0.0928. The van der Waals surface area contributed by atoms with E-state index in [0.29, 0.717) is 15.8 Å². The first kappa shape index (κ1) is 16.0. The zero-order valence-corrected chi connectivity index (χ0v) is 14.9. The topological polar surface area (TPSA) is 84.2 Å². The number of oxazole rings is 1. The Labute approximate surface area is 148 Å². The molecule has 2 fully saturated rings. The molecule has 1 saturated carbocycles. The fourth-order valence-electron chi connectivity index (χ4n) is 3.51. The van der Waals surface area contributed by atoms with Crippen molar-refractivity contribution < 1.29 is 9.21 Å². The molecule has 0 radical (unpaired) electrons. The lowest BCUT2D eigenvalue weighted by Crippen LogP contribution is -2.38. The Hall–Kier alpha value is -1.51. The number of halogens is 1. The first-order valence-corrected chi connectivity index (χ1v) is 9.12. The van der Waals surface area contributed by atoms with Crippen molar-refractivity contribution in [2.75, 3.05) is 13.1 Å². The Kier molecular flexibility index (Phi) is 4.06. The minimum atomic E-state index is -0.133. The largest absolute Gasteiger partial charge is 0.448 e. The Morgan fingerprint density at radius 1 is 1.54 bits per heavy atom. The molecule has 2 aliphatic rings. The average molecular weight is 368 g/mol. The maximum Gasteiger partial charge on any atom is 0.273 e. The number of amides is 1. The van der Waals surface area contributed by atoms with E-state index in [2.05, 4.69) is 24.8 Å². The Balaban J connectivity index is 1.30. The van der Waals surface area contributed by atoms with Crippen LogP contribution in [0.2, 0.25) is 4.34 Å². The molecule has 2 aromatic rings. The molecule has 128 valence electrons. The Bertz CT molecular complexity index is 753. The smallest absolute Gasteiger partial charge is 0.273 e. The summed E-state index contributed by atoms with van der Waals surface area (Å²) < 4.78 is 9.65. The van der Waals surface area contributed by atoms with Crippen molar-refractivity contribution in [2.24, 2.45) is 5.41 Å². The number of rotatable bonds is 4. The molecular formula is C15H18ClN5O2S. The van der Waals surface area contributed by atoms with Gasteiger partial charge in [-0.1, -0.05) is 16.1 Å². The number of aromatic nitrogens is 3. The van der Waals surface area contributed by atoms with Crippen molar-refractivity contribution in [1.29, 1.82) is 0 Å². The molecule has 0 bridgehead atoms. The van der Waals surface area contributed by atoms with Crippen LogP contribution in [0.15, 0.2) is 10.8 Å². The van der Waals surface area contributed by atoms with Gasteiger partial charge in [0.05, 0.1) is 0 Å². The van der Waals surface area contributed by atoms with E-state index in [9.17, 15) is 4.79 Å². The molecule has 9 heteroatoms. The predicted molar refractivity (Wildman–Crippen MR) is 89.0 cm³/mol. The van der Waals surface area contributed by atoms with Crippen LogP contribution in [0.1, 0.15) is 41.2 Å². The van der Waals surface area contributed by atoms with E-state index in [-0.39, 0.29) is 17.4 Å². The van der Waals surface area contributed by atoms with Crippen molar-refractivity contribution in [3.05, 3.63) is 27.9 Å². The number of hydrogen-bond donors (Lipinski definition) is 1. The molecule has 1 N–H and O–H groups in total. The van der Waals surface area contributed by atoms with E-state index in [1.54, 1.807) is 6.92 Å². The molecule has 1 aliphatic carbocycles. The van der Waals surface area contributed by atoms with Crippen molar-refractivity contribution in [3.8, 4) is 0 Å². The van der Waals surface area contributed by atoms with Gasteiger partial charge in [-0.15, -0.1) is 5.10 Å². The SMILES string of the molecule is Cc1ocnc1C(=O)NC1CC12CCN(Cc1nnsc1Cl)CC2. The van der Waals surface area contributed by atoms with Crippen molar-refractivity contribution >= 4 is 29.0 Å². The average Bonchev–Trinajstić information content (AvgIpc) is 2.88. The molecule has 3 heterocycles. The van der Waals surface area contributed by atoms with E-state index in [1.165, 1.54) is 17.9 Å². The van der Waals surface area contributed by atoms with Gasteiger partial charge >= 0.3 is 0 Å². The summed E-state index contributed by atoms with van der Waals surface area (Å²) in [7, 11) is 0. The van der Waals surface area contributed by atoms with Crippen molar-refractivity contribution in [1.82, 2.24) is 24.8 Å². The van der Waals surface area contributed by atoms with Gasteiger partial charge in [-0.2, -0.15) is 0 Å². The second-order valence-electron chi connectivity index (χ2n) is 6.62. The van der Waals surface area contributed by atoms with Crippen LogP contribution in [0.25, 0.3) is 0 Å². The number of carbonyl (C=O) groups excluding carboxylic acids is 1. The highest BCUT2D eigenvalue weighted by atomic mass is 35.5. The van der Waals surface area contributed by atoms with Crippen molar-refractivity contribution in [2.45, 2.75) is 38.8 Å². The van der Waals surface area contributed by atoms with Gasteiger partial charge in [-0.3, -0.25) is 9.69 Å². The fourth-order valence-corrected chi connectivity index (χ4v) is 4.13. The molecular weight excluding hydrogens is 350 g/mol. The third-order valence-electron chi connectivity index (χ3n) is 5.19. The molecule has 1 aliphatic heterocycles. The molecule has 7 nitrogen and oxygen atoms in total. The van der Waals surface area contributed by atoms with Gasteiger partial charge in [0.25, 0.3) is 5.91 Å². The number of piperidine rings is 1. The van der Waals surface area contributed by atoms with Crippen LogP contribution in [0.3, 0.4) is 0 Å². The predicted octanol–water partition coefficient (Wildman–Crippen LogP) is 2.27. The third kappa shape index (κ3) is 2.94. The maximum absolute atomic E-state index is 12.2. The zero-order valence-electron chi connectivity index (χ0n) is 13.3. The molecule has 1 unspecified atom stereocenters. The van der Waals surface area contributed by atoms with Gasteiger partial charge in [0.2, 0.25) is 0 Å². The third-order valence-corrected chi connectivity index (χ3v) is 6.17. The summed E-state index contributed by atoms with van der Waals surface area (Å²) in [6.07, 6.45) is 4.50. The normalized spacial score (nSPS) is 22.7. The molecule has 24 heavy (non-hydrogen) atoms. The Morgan fingerprint density at radius 3 is 2.96 bits per heavy atom. The van der Waals surface area contributed by atoms with Crippen LogP contribution in [0, 0.1) is 12.3 Å². The van der Waals surface area contributed by atoms with E-state index >= 15 is 0 Å². The minimum Gasteiger partial charge on any atom is -0.448 e. The van der Waals surface area contributed by atoms with Gasteiger partial charge in [0.1, 0.15) is 15.8 Å². The fraction of sp³-hybridized carbons (Fsp3) is 0.600. The van der Waals surface area contributed by atoms with Gasteiger partial charge in [0.15, 0.2) is 12.1 Å². The lowest BCUT2D eigenvalue weighted by atomic mass is 9.92. The molecule has 1 saturated heterocycles. The van der Waals surface area contributed by atoms with E-state index in [0.717, 1.165) is 44.6 Å². The van der Waals surface area contributed by atoms with E-state index < -0.39 is 0 Å². The van der Waals surface area contributed by atoms with Crippen LogP contribution in [0.4, 0.5) is 0 Å². The molecule has 1 amide bonds. The number of carbonyl (C=O) groups is 1. The molecule has 4 rings (SSSR count). The van der Waals surface area contributed by atoms with Crippen LogP contribution >= 0.6 is 23.1 Å². The van der Waals surface area contributed by atoms with Gasteiger partial charge in [0, 0.05) is 24.1 Å². The molecule has 0 aromatic carbocycles. The highest BCUT2D eigenvalue weighted by molar-refractivity contribution is 7.10. The minimum absolute atomic E-state index is 0.133. The molecule has 2 aromatic heterocycles. The summed E-state index contributed by atoms with van der Waals surface area (Å²) in [4.78, 5) is 18.6. The highest BCUT2D eigenvalue weighted by Crippen LogP contribution is 2.54. The summed E-state index contributed by atoms with van der Waals surface area (Å²) in [6.45, 7) is 4.48. The van der Waals surface area contributed by atoms with Gasteiger partial charge in [-0.05, 0) is 44.7 Å². The summed E-state index contributed by atoms with van der Waals surface area (Å²) in [5.41, 5.74) is 1.49. The summed E-state index contributed by atoms with van der Waals surface area (Å²) in [5.74, 6) is 0.427. The number of nitrogens with one attached hydrogen (secondary N) is 1. The van der Waals surface area contributed by atoms with E-state index in [1.807, 2.05) is 0 Å². The second-order valence-corrected chi connectivity index (χ2v) is 7.98. The maximum atomic E-state index is 12.2. The second kappa shape index (κ2) is 6.09. The van der Waals surface area contributed by atoms with Crippen LogP contribution in [0.5, 0.6) is 0 Å². The quantitative estimate of drug-likeness (QED) is 0.892.